The van der Waals surface area contributed by atoms with E-state index in [9.17, 15) is 9.90 Å². The fourth-order valence-electron chi connectivity index (χ4n) is 6.80. The molecule has 2 aromatic heterocycles. The summed E-state index contributed by atoms with van der Waals surface area (Å²) in [6.07, 6.45) is 15.3. The number of piperidine rings is 2. The van der Waals surface area contributed by atoms with Crippen LogP contribution in [0.1, 0.15) is 102 Å². The lowest BCUT2D eigenvalue weighted by Crippen LogP contribution is -2.51. The molecule has 1 saturated carbocycles. The highest BCUT2D eigenvalue weighted by Crippen LogP contribution is 2.38. The zero-order valence-corrected chi connectivity index (χ0v) is 23.0. The second-order valence-corrected chi connectivity index (χ2v) is 11.8. The molecule has 4 heterocycles. The van der Waals surface area contributed by atoms with Gasteiger partial charge in [0.1, 0.15) is 5.65 Å². The first-order chi connectivity index (χ1) is 17.9. The summed E-state index contributed by atoms with van der Waals surface area (Å²) in [6.45, 7) is 7.06. The smallest absolute Gasteiger partial charge is 0.239 e. The van der Waals surface area contributed by atoms with E-state index in [1.165, 1.54) is 12.0 Å². The van der Waals surface area contributed by atoms with Crippen molar-refractivity contribution in [3.05, 3.63) is 18.0 Å². The van der Waals surface area contributed by atoms with Gasteiger partial charge in [0.2, 0.25) is 11.9 Å². The third kappa shape index (κ3) is 5.80. The van der Waals surface area contributed by atoms with Crippen molar-refractivity contribution in [3.8, 4) is 0 Å². The Morgan fingerprint density at radius 1 is 1.11 bits per heavy atom. The van der Waals surface area contributed by atoms with Crippen molar-refractivity contribution in [2.24, 2.45) is 0 Å². The summed E-state index contributed by atoms with van der Waals surface area (Å²) in [7, 11) is 2.10. The number of nitrogens with zero attached hydrogens (tertiary/aromatic N) is 5. The summed E-state index contributed by atoms with van der Waals surface area (Å²) in [5, 5.41) is 14.7. The van der Waals surface area contributed by atoms with Crippen molar-refractivity contribution in [1.82, 2.24) is 24.3 Å². The molecule has 0 radical (unpaired) electrons. The lowest BCUT2D eigenvalue weighted by Gasteiger charge is -2.38. The van der Waals surface area contributed by atoms with Crippen molar-refractivity contribution in [2.45, 2.75) is 115 Å². The number of likely N-dealkylation sites (tertiary alicyclic amines) is 2. The van der Waals surface area contributed by atoms with E-state index in [0.717, 1.165) is 94.9 Å². The van der Waals surface area contributed by atoms with E-state index >= 15 is 0 Å². The van der Waals surface area contributed by atoms with Gasteiger partial charge in [-0.15, -0.1) is 0 Å². The Morgan fingerprint density at radius 2 is 1.86 bits per heavy atom. The Morgan fingerprint density at radius 3 is 2.57 bits per heavy atom. The number of nitrogens with one attached hydrogen (secondary N) is 1. The topological polar surface area (TPSA) is 86.5 Å². The lowest BCUT2D eigenvalue weighted by molar-refractivity contribution is -0.138. The number of carbonyl (C=O) groups excluding carboxylic acids is 1. The van der Waals surface area contributed by atoms with Gasteiger partial charge in [-0.25, -0.2) is 4.98 Å². The number of rotatable bonds is 7. The molecule has 0 aromatic carbocycles. The number of hydrogen-bond acceptors (Lipinski definition) is 6. The van der Waals surface area contributed by atoms with Crippen molar-refractivity contribution < 1.29 is 9.90 Å². The maximum Gasteiger partial charge on any atom is 0.239 e. The van der Waals surface area contributed by atoms with Gasteiger partial charge in [0, 0.05) is 43.0 Å². The zero-order valence-electron chi connectivity index (χ0n) is 23.0. The van der Waals surface area contributed by atoms with E-state index in [2.05, 4.69) is 46.8 Å². The molecule has 0 spiro atoms. The van der Waals surface area contributed by atoms with E-state index < -0.39 is 0 Å². The van der Waals surface area contributed by atoms with Gasteiger partial charge in [0.25, 0.3) is 0 Å². The second-order valence-electron chi connectivity index (χ2n) is 11.8. The average molecular weight is 511 g/mol. The van der Waals surface area contributed by atoms with E-state index in [-0.39, 0.29) is 12.1 Å². The Hall–Kier alpha value is -2.19. The summed E-state index contributed by atoms with van der Waals surface area (Å²) < 4.78 is 2.38. The fourth-order valence-corrected chi connectivity index (χ4v) is 6.80. The zero-order chi connectivity index (χ0) is 25.9. The number of aliphatic hydroxyl groups is 1. The van der Waals surface area contributed by atoms with Crippen LogP contribution in [-0.4, -0.2) is 80.2 Å². The van der Waals surface area contributed by atoms with Crippen LogP contribution in [0, 0.1) is 0 Å². The van der Waals surface area contributed by atoms with Crippen LogP contribution >= 0.6 is 0 Å². The van der Waals surface area contributed by atoms with Gasteiger partial charge < -0.3 is 19.9 Å². The summed E-state index contributed by atoms with van der Waals surface area (Å²) in [5.74, 6) is 1.43. The maximum atomic E-state index is 13.3. The van der Waals surface area contributed by atoms with Crippen molar-refractivity contribution in [3.63, 3.8) is 0 Å². The minimum Gasteiger partial charge on any atom is -0.393 e. The highest BCUT2D eigenvalue weighted by Gasteiger charge is 2.33. The average Bonchev–Trinajstić information content (AvgIpc) is 3.28. The fraction of sp³-hybridized carbons (Fsp3) is 0.759. The SMILES string of the molecule is CCC[C@H](C)Nc1ncc2c(C3CCN(C(=O)[C@@H]4CCCCN4C)CC3)cn([C@H]3CC[C@H](O)CC3)c2n1. The Bertz CT molecular complexity index is 1050. The molecule has 37 heavy (non-hydrogen) atoms. The van der Waals surface area contributed by atoms with Crippen molar-refractivity contribution >= 4 is 22.9 Å². The highest BCUT2D eigenvalue weighted by atomic mass is 16.3. The van der Waals surface area contributed by atoms with Crippen LogP contribution in [0.25, 0.3) is 11.0 Å². The van der Waals surface area contributed by atoms with Gasteiger partial charge in [-0.05, 0) is 89.8 Å². The second kappa shape index (κ2) is 11.7. The molecule has 0 bridgehead atoms. The molecular formula is C29H46N6O2. The van der Waals surface area contributed by atoms with Crippen molar-refractivity contribution in [2.75, 3.05) is 32.0 Å². The monoisotopic (exact) mass is 510 g/mol. The van der Waals surface area contributed by atoms with Crippen LogP contribution < -0.4 is 5.32 Å². The Balaban J connectivity index is 1.36. The molecule has 2 atom stereocenters. The number of amides is 1. The van der Waals surface area contributed by atoms with Crippen molar-refractivity contribution in [1.29, 1.82) is 0 Å². The molecular weight excluding hydrogens is 464 g/mol. The first-order valence-corrected chi connectivity index (χ1v) is 14.8. The molecule has 2 aliphatic heterocycles. The maximum absolute atomic E-state index is 13.3. The van der Waals surface area contributed by atoms with Gasteiger partial charge in [-0.2, -0.15) is 4.98 Å². The third-order valence-corrected chi connectivity index (χ3v) is 9.06. The number of aromatic nitrogens is 3. The molecule has 1 aliphatic carbocycles. The van der Waals surface area contributed by atoms with Crippen LogP contribution in [0.2, 0.25) is 0 Å². The standard InChI is InChI=1S/C29H46N6O2/c1-4-7-20(2)31-29-30-18-24-25(19-35(27(24)32-29)22-9-11-23(36)12-10-22)21-13-16-34(17-14-21)28(37)26-8-5-6-15-33(26)3/h18-23,26,36H,4-17H2,1-3H3,(H,30,31,32)/t20-,22-,23-,26-/m0/s1. The van der Waals surface area contributed by atoms with E-state index in [1.807, 2.05) is 6.20 Å². The minimum absolute atomic E-state index is 0.0586. The quantitative estimate of drug-likeness (QED) is 0.562. The van der Waals surface area contributed by atoms with Crippen LogP contribution in [0.15, 0.2) is 12.4 Å². The van der Waals surface area contributed by atoms with Crippen LogP contribution in [0.3, 0.4) is 0 Å². The summed E-state index contributed by atoms with van der Waals surface area (Å²) in [4.78, 5) is 27.4. The number of hydrogen-bond donors (Lipinski definition) is 2. The summed E-state index contributed by atoms with van der Waals surface area (Å²) in [6, 6.07) is 0.752. The third-order valence-electron chi connectivity index (χ3n) is 9.06. The molecule has 2 aromatic rings. The van der Waals surface area contributed by atoms with Gasteiger partial charge in [-0.3, -0.25) is 9.69 Å². The Labute approximate surface area is 221 Å². The predicted molar refractivity (Wildman–Crippen MR) is 148 cm³/mol. The largest absolute Gasteiger partial charge is 0.393 e. The Kier molecular flexibility index (Phi) is 8.34. The lowest BCUT2D eigenvalue weighted by atomic mass is 9.89. The number of aliphatic hydroxyl groups excluding tert-OH is 1. The number of carbonyl (C=O) groups is 1. The number of likely N-dealkylation sites (N-methyl/N-ethyl adjacent to an activating group) is 1. The molecule has 3 aliphatic rings. The molecule has 0 unspecified atom stereocenters. The summed E-state index contributed by atoms with van der Waals surface area (Å²) in [5.41, 5.74) is 2.34. The number of fused-ring (bicyclic) bond motifs is 1. The number of anilines is 1. The molecule has 204 valence electrons. The molecule has 8 nitrogen and oxygen atoms in total. The first-order valence-electron chi connectivity index (χ1n) is 14.8. The van der Waals surface area contributed by atoms with Crippen LogP contribution in [-0.2, 0) is 4.79 Å². The normalized spacial score (nSPS) is 26.9. The van der Waals surface area contributed by atoms with Crippen LogP contribution in [0.5, 0.6) is 0 Å². The van der Waals surface area contributed by atoms with Crippen LogP contribution in [0.4, 0.5) is 5.95 Å². The predicted octanol–water partition coefficient (Wildman–Crippen LogP) is 4.70. The first kappa shape index (κ1) is 26.4. The van der Waals surface area contributed by atoms with Gasteiger partial charge in [-0.1, -0.05) is 19.8 Å². The summed E-state index contributed by atoms with van der Waals surface area (Å²) >= 11 is 0. The molecule has 1 amide bonds. The molecule has 3 fully saturated rings. The molecule has 2 saturated heterocycles. The highest BCUT2D eigenvalue weighted by molar-refractivity contribution is 5.83. The van der Waals surface area contributed by atoms with E-state index in [1.54, 1.807) is 0 Å². The van der Waals surface area contributed by atoms with Gasteiger partial charge in [0.15, 0.2) is 0 Å². The van der Waals surface area contributed by atoms with Gasteiger partial charge in [0.05, 0.1) is 12.1 Å². The minimum atomic E-state index is -0.177. The van der Waals surface area contributed by atoms with Gasteiger partial charge >= 0.3 is 0 Å². The molecule has 2 N–H and O–H groups in total. The van der Waals surface area contributed by atoms with E-state index in [0.29, 0.717) is 29.9 Å². The molecule has 8 heteroatoms. The van der Waals surface area contributed by atoms with E-state index in [4.69, 9.17) is 9.97 Å². The molecule has 5 rings (SSSR count).